The summed E-state index contributed by atoms with van der Waals surface area (Å²) in [6.45, 7) is 8.03. The summed E-state index contributed by atoms with van der Waals surface area (Å²) in [5, 5.41) is 9.67. The lowest BCUT2D eigenvalue weighted by Gasteiger charge is -2.35. The number of aryl methyl sites for hydroxylation is 1. The topological polar surface area (TPSA) is 37.7 Å². The summed E-state index contributed by atoms with van der Waals surface area (Å²) in [5.41, 5.74) is 2.24. The fraction of sp³-hybridized carbons (Fsp3) is 0.421. The lowest BCUT2D eigenvalue weighted by atomic mass is 10.1. The maximum Gasteiger partial charge on any atom is 0.171 e. The Kier molecular flexibility index (Phi) is 6.42. The van der Waals surface area contributed by atoms with Gasteiger partial charge in [0.1, 0.15) is 19.1 Å². The highest BCUT2D eigenvalue weighted by atomic mass is 32.1. The van der Waals surface area contributed by atoms with Gasteiger partial charge in [-0.05, 0) is 49.1 Å². The van der Waals surface area contributed by atoms with Crippen LogP contribution >= 0.6 is 23.6 Å². The standard InChI is InChI=1S/C19H25N3OS2/c1-14-6-3-4-7-16(14)21-19(24)20-15(2)18(17-8-5-13-25-17)22-9-11-23-12-10-22/h3-8,13,15,18H,9-12H2,1-2H3,(H2,20,21,24)/p+1/t15-,18+/m1/s1. The van der Waals surface area contributed by atoms with E-state index in [2.05, 4.69) is 54.1 Å². The fourth-order valence-electron chi connectivity index (χ4n) is 3.38. The molecule has 0 aliphatic carbocycles. The lowest BCUT2D eigenvalue weighted by Crippen LogP contribution is -3.15. The predicted octanol–water partition coefficient (Wildman–Crippen LogP) is 2.39. The summed E-state index contributed by atoms with van der Waals surface area (Å²) in [6.07, 6.45) is 0. The first-order valence-electron chi connectivity index (χ1n) is 8.74. The molecule has 0 spiro atoms. The second kappa shape index (κ2) is 8.76. The van der Waals surface area contributed by atoms with Crippen molar-refractivity contribution in [3.63, 3.8) is 0 Å². The van der Waals surface area contributed by atoms with E-state index in [0.29, 0.717) is 11.2 Å². The minimum atomic E-state index is 0.232. The van der Waals surface area contributed by atoms with Crippen molar-refractivity contribution in [2.24, 2.45) is 0 Å². The Bertz CT molecular complexity index is 684. The van der Waals surface area contributed by atoms with Crippen molar-refractivity contribution in [1.82, 2.24) is 5.32 Å². The first kappa shape index (κ1) is 18.3. The van der Waals surface area contributed by atoms with Gasteiger partial charge in [-0.15, -0.1) is 11.3 Å². The second-order valence-electron chi connectivity index (χ2n) is 6.47. The highest BCUT2D eigenvalue weighted by Gasteiger charge is 2.32. The van der Waals surface area contributed by atoms with E-state index in [9.17, 15) is 0 Å². The number of anilines is 1. The molecule has 1 fully saturated rings. The Balaban J connectivity index is 1.68. The van der Waals surface area contributed by atoms with Gasteiger partial charge in [0.2, 0.25) is 0 Å². The molecule has 2 aromatic rings. The van der Waals surface area contributed by atoms with Gasteiger partial charge < -0.3 is 20.3 Å². The molecule has 3 rings (SSSR count). The number of hydrogen-bond donors (Lipinski definition) is 3. The smallest absolute Gasteiger partial charge is 0.171 e. The largest absolute Gasteiger partial charge is 0.370 e. The summed E-state index contributed by atoms with van der Waals surface area (Å²) < 4.78 is 5.54. The Morgan fingerprint density at radius 3 is 2.64 bits per heavy atom. The van der Waals surface area contributed by atoms with Gasteiger partial charge in [0.25, 0.3) is 0 Å². The molecule has 0 radical (unpaired) electrons. The quantitative estimate of drug-likeness (QED) is 0.701. The average Bonchev–Trinajstić information content (AvgIpc) is 3.12. The van der Waals surface area contributed by atoms with Crippen LogP contribution in [0.25, 0.3) is 0 Å². The molecule has 3 N–H and O–H groups in total. The predicted molar refractivity (Wildman–Crippen MR) is 109 cm³/mol. The van der Waals surface area contributed by atoms with Crippen LogP contribution in [0, 0.1) is 6.92 Å². The molecule has 1 aliphatic rings. The molecule has 2 atom stereocenters. The summed E-state index contributed by atoms with van der Waals surface area (Å²) in [6, 6.07) is 13.2. The number of rotatable bonds is 5. The number of nitrogens with one attached hydrogen (secondary N) is 3. The van der Waals surface area contributed by atoms with E-state index in [1.807, 2.05) is 23.5 Å². The normalized spacial score (nSPS) is 17.7. The average molecular weight is 377 g/mol. The van der Waals surface area contributed by atoms with E-state index in [1.54, 1.807) is 4.90 Å². The third kappa shape index (κ3) is 4.79. The molecule has 1 saturated heterocycles. The van der Waals surface area contributed by atoms with E-state index in [-0.39, 0.29) is 6.04 Å². The molecule has 4 nitrogen and oxygen atoms in total. The number of hydrogen-bond acceptors (Lipinski definition) is 3. The zero-order valence-corrected chi connectivity index (χ0v) is 16.4. The SMILES string of the molecule is Cc1ccccc1NC(=S)N[C@H](C)[C@@H](c1cccs1)[NH+]1CCOCC1. The van der Waals surface area contributed by atoms with Gasteiger partial charge in [-0.3, -0.25) is 0 Å². The lowest BCUT2D eigenvalue weighted by molar-refractivity contribution is -0.939. The van der Waals surface area contributed by atoms with Crippen molar-refractivity contribution in [3.05, 3.63) is 52.2 Å². The van der Waals surface area contributed by atoms with Gasteiger partial charge in [-0.2, -0.15) is 0 Å². The van der Waals surface area contributed by atoms with E-state index >= 15 is 0 Å². The maximum atomic E-state index is 5.57. The van der Waals surface area contributed by atoms with Gasteiger partial charge in [-0.1, -0.05) is 24.3 Å². The summed E-state index contributed by atoms with van der Waals surface area (Å²) >= 11 is 7.39. The molecule has 0 amide bonds. The van der Waals surface area contributed by atoms with Crippen molar-refractivity contribution in [2.75, 3.05) is 31.6 Å². The molecule has 1 aromatic carbocycles. The number of para-hydroxylation sites is 1. The molecular formula is C19H26N3OS2+. The molecule has 0 unspecified atom stereocenters. The molecule has 0 bridgehead atoms. The van der Waals surface area contributed by atoms with Gasteiger partial charge in [0.15, 0.2) is 5.11 Å². The maximum absolute atomic E-state index is 5.57. The van der Waals surface area contributed by atoms with Gasteiger partial charge in [-0.25, -0.2) is 0 Å². The zero-order valence-electron chi connectivity index (χ0n) is 14.7. The molecule has 2 heterocycles. The van der Waals surface area contributed by atoms with E-state index in [1.165, 1.54) is 10.4 Å². The van der Waals surface area contributed by atoms with Crippen LogP contribution in [0.4, 0.5) is 5.69 Å². The molecule has 0 saturated carbocycles. The molecular weight excluding hydrogens is 350 g/mol. The third-order valence-electron chi connectivity index (χ3n) is 4.68. The second-order valence-corrected chi connectivity index (χ2v) is 7.85. The van der Waals surface area contributed by atoms with E-state index in [4.69, 9.17) is 17.0 Å². The molecule has 1 aliphatic heterocycles. The van der Waals surface area contributed by atoms with Crippen molar-refractivity contribution >= 4 is 34.4 Å². The Morgan fingerprint density at radius 2 is 1.96 bits per heavy atom. The summed E-state index contributed by atoms with van der Waals surface area (Å²) in [5.74, 6) is 0. The Hall–Kier alpha value is -1.47. The van der Waals surface area contributed by atoms with Crippen LogP contribution in [0.3, 0.4) is 0 Å². The van der Waals surface area contributed by atoms with Crippen LogP contribution < -0.4 is 15.5 Å². The third-order valence-corrected chi connectivity index (χ3v) is 5.85. The van der Waals surface area contributed by atoms with Crippen molar-refractivity contribution < 1.29 is 9.64 Å². The highest BCUT2D eigenvalue weighted by Crippen LogP contribution is 2.20. The molecule has 1 aromatic heterocycles. The highest BCUT2D eigenvalue weighted by molar-refractivity contribution is 7.80. The molecule has 25 heavy (non-hydrogen) atoms. The van der Waals surface area contributed by atoms with Crippen LogP contribution in [-0.2, 0) is 4.74 Å². The van der Waals surface area contributed by atoms with Crippen molar-refractivity contribution in [2.45, 2.75) is 25.9 Å². The van der Waals surface area contributed by atoms with Gasteiger partial charge in [0, 0.05) is 5.69 Å². The van der Waals surface area contributed by atoms with Crippen LogP contribution in [0.2, 0.25) is 0 Å². The Morgan fingerprint density at radius 1 is 1.20 bits per heavy atom. The summed E-state index contributed by atoms with van der Waals surface area (Å²) in [4.78, 5) is 2.96. The van der Waals surface area contributed by atoms with Crippen LogP contribution in [0.15, 0.2) is 41.8 Å². The van der Waals surface area contributed by atoms with Crippen LogP contribution in [-0.4, -0.2) is 37.5 Å². The fourth-order valence-corrected chi connectivity index (χ4v) is 4.66. The number of quaternary nitrogens is 1. The minimum Gasteiger partial charge on any atom is -0.370 e. The minimum absolute atomic E-state index is 0.232. The molecule has 6 heteroatoms. The Labute approximate surface area is 159 Å². The van der Waals surface area contributed by atoms with Crippen LogP contribution in [0.1, 0.15) is 23.4 Å². The first-order chi connectivity index (χ1) is 12.1. The number of ether oxygens (including phenoxy) is 1. The number of thiocarbonyl (C=S) groups is 1. The summed E-state index contributed by atoms with van der Waals surface area (Å²) in [7, 11) is 0. The van der Waals surface area contributed by atoms with E-state index in [0.717, 1.165) is 32.0 Å². The van der Waals surface area contributed by atoms with E-state index < -0.39 is 0 Å². The first-order valence-corrected chi connectivity index (χ1v) is 10.0. The monoisotopic (exact) mass is 376 g/mol. The number of benzene rings is 1. The number of morpholine rings is 1. The van der Waals surface area contributed by atoms with Gasteiger partial charge >= 0.3 is 0 Å². The van der Waals surface area contributed by atoms with Crippen molar-refractivity contribution in [3.8, 4) is 0 Å². The van der Waals surface area contributed by atoms with Crippen molar-refractivity contribution in [1.29, 1.82) is 0 Å². The van der Waals surface area contributed by atoms with Crippen LogP contribution in [0.5, 0.6) is 0 Å². The van der Waals surface area contributed by atoms with Gasteiger partial charge in [0.05, 0.1) is 24.1 Å². The zero-order chi connectivity index (χ0) is 17.6. The number of thiophene rings is 1. The molecule has 134 valence electrons.